The minimum atomic E-state index is 0.144. The summed E-state index contributed by atoms with van der Waals surface area (Å²) in [5, 5.41) is 7.81. The Morgan fingerprint density at radius 2 is 1.76 bits per heavy atom. The quantitative estimate of drug-likeness (QED) is 0.778. The summed E-state index contributed by atoms with van der Waals surface area (Å²) < 4.78 is 0. The van der Waals surface area contributed by atoms with Crippen molar-refractivity contribution in [3.63, 3.8) is 0 Å². The van der Waals surface area contributed by atoms with E-state index in [1.54, 1.807) is 0 Å². The molecule has 2 aromatic carbocycles. The van der Waals surface area contributed by atoms with Crippen LogP contribution < -0.4 is 10.6 Å². The highest BCUT2D eigenvalue weighted by molar-refractivity contribution is 7.80. The number of nitrogens with one attached hydrogen (secondary N) is 2. The van der Waals surface area contributed by atoms with E-state index in [4.69, 9.17) is 23.8 Å². The first-order valence-electron chi connectivity index (χ1n) is 6.86. The Kier molecular flexibility index (Phi) is 5.21. The number of thiocarbonyl (C=S) groups is 1. The lowest BCUT2D eigenvalue weighted by atomic mass is 10.1. The summed E-state index contributed by atoms with van der Waals surface area (Å²) in [7, 11) is 0. The molecular weight excluding hydrogens is 300 g/mol. The van der Waals surface area contributed by atoms with Gasteiger partial charge < -0.3 is 10.6 Å². The smallest absolute Gasteiger partial charge is 0.171 e. The highest BCUT2D eigenvalue weighted by Gasteiger charge is 2.08. The number of rotatable bonds is 3. The maximum absolute atomic E-state index is 6.11. The van der Waals surface area contributed by atoms with Crippen LogP contribution in [0, 0.1) is 13.8 Å². The number of hydrogen-bond donors (Lipinski definition) is 2. The van der Waals surface area contributed by atoms with E-state index in [0.717, 1.165) is 16.3 Å². The first-order chi connectivity index (χ1) is 9.97. The molecule has 110 valence electrons. The van der Waals surface area contributed by atoms with Gasteiger partial charge in [-0.3, -0.25) is 0 Å². The standard InChI is InChI=1S/C17H19ClN2S/c1-11-7-9-14(10-8-11)13(3)19-17(21)20-16-6-4-5-15(18)12(16)2/h4-10,13H,1-3H3,(H2,19,20,21). The van der Waals surface area contributed by atoms with Crippen LogP contribution in [0.4, 0.5) is 5.69 Å². The Labute approximate surface area is 136 Å². The number of halogens is 1. The first-order valence-corrected chi connectivity index (χ1v) is 7.65. The van der Waals surface area contributed by atoms with Crippen molar-refractivity contribution >= 4 is 34.6 Å². The van der Waals surface area contributed by atoms with Gasteiger partial charge in [-0.15, -0.1) is 0 Å². The second kappa shape index (κ2) is 6.92. The predicted octanol–water partition coefficient (Wildman–Crippen LogP) is 5.00. The van der Waals surface area contributed by atoms with Gasteiger partial charge in [0.2, 0.25) is 0 Å². The van der Waals surface area contributed by atoms with E-state index in [9.17, 15) is 0 Å². The molecule has 4 heteroatoms. The van der Waals surface area contributed by atoms with Crippen molar-refractivity contribution in [1.82, 2.24) is 5.32 Å². The lowest BCUT2D eigenvalue weighted by molar-refractivity contribution is 0.722. The molecule has 0 amide bonds. The van der Waals surface area contributed by atoms with Crippen molar-refractivity contribution in [2.24, 2.45) is 0 Å². The largest absolute Gasteiger partial charge is 0.356 e. The Hall–Kier alpha value is -1.58. The van der Waals surface area contributed by atoms with Gasteiger partial charge in [-0.1, -0.05) is 47.5 Å². The topological polar surface area (TPSA) is 24.1 Å². The highest BCUT2D eigenvalue weighted by Crippen LogP contribution is 2.23. The summed E-state index contributed by atoms with van der Waals surface area (Å²) in [4.78, 5) is 0. The fourth-order valence-electron chi connectivity index (χ4n) is 2.04. The zero-order valence-corrected chi connectivity index (χ0v) is 14.0. The molecule has 2 rings (SSSR count). The van der Waals surface area contributed by atoms with E-state index in [1.165, 1.54) is 11.1 Å². The van der Waals surface area contributed by atoms with Gasteiger partial charge in [0.05, 0.1) is 6.04 Å². The second-order valence-electron chi connectivity index (χ2n) is 5.14. The minimum absolute atomic E-state index is 0.144. The zero-order chi connectivity index (χ0) is 15.4. The van der Waals surface area contributed by atoms with Gasteiger partial charge in [0.1, 0.15) is 0 Å². The van der Waals surface area contributed by atoms with Crippen molar-refractivity contribution in [1.29, 1.82) is 0 Å². The van der Waals surface area contributed by atoms with Crippen LogP contribution in [-0.4, -0.2) is 5.11 Å². The van der Waals surface area contributed by atoms with Gasteiger partial charge in [-0.2, -0.15) is 0 Å². The third-order valence-corrected chi connectivity index (χ3v) is 4.07. The fraction of sp³-hybridized carbons (Fsp3) is 0.235. The van der Waals surface area contributed by atoms with Gasteiger partial charge >= 0.3 is 0 Å². The Bertz CT molecular complexity index is 638. The molecule has 21 heavy (non-hydrogen) atoms. The van der Waals surface area contributed by atoms with E-state index < -0.39 is 0 Å². The van der Waals surface area contributed by atoms with Gasteiger partial charge in [-0.25, -0.2) is 0 Å². The average molecular weight is 319 g/mol. The van der Waals surface area contributed by atoms with Crippen LogP contribution >= 0.6 is 23.8 Å². The summed E-state index contributed by atoms with van der Waals surface area (Å²) in [6.45, 7) is 6.14. The minimum Gasteiger partial charge on any atom is -0.356 e. The van der Waals surface area contributed by atoms with Crippen LogP contribution in [0.3, 0.4) is 0 Å². The van der Waals surface area contributed by atoms with Crippen molar-refractivity contribution < 1.29 is 0 Å². The zero-order valence-electron chi connectivity index (χ0n) is 12.4. The third kappa shape index (κ3) is 4.19. The lowest BCUT2D eigenvalue weighted by Gasteiger charge is -2.18. The van der Waals surface area contributed by atoms with E-state index >= 15 is 0 Å². The van der Waals surface area contributed by atoms with Crippen molar-refractivity contribution in [2.45, 2.75) is 26.8 Å². The van der Waals surface area contributed by atoms with Gasteiger partial charge in [0, 0.05) is 10.7 Å². The van der Waals surface area contributed by atoms with Crippen LogP contribution in [-0.2, 0) is 0 Å². The summed E-state index contributed by atoms with van der Waals surface area (Å²) in [6, 6.07) is 14.3. The maximum Gasteiger partial charge on any atom is 0.171 e. The van der Waals surface area contributed by atoms with E-state index in [0.29, 0.717) is 5.11 Å². The monoisotopic (exact) mass is 318 g/mol. The molecule has 0 saturated heterocycles. The SMILES string of the molecule is Cc1ccc(C(C)NC(=S)Nc2cccc(Cl)c2C)cc1. The molecule has 0 radical (unpaired) electrons. The summed E-state index contributed by atoms with van der Waals surface area (Å²) in [5.41, 5.74) is 4.37. The molecular formula is C17H19ClN2S. The summed E-state index contributed by atoms with van der Waals surface area (Å²) in [6.07, 6.45) is 0. The van der Waals surface area contributed by atoms with Crippen molar-refractivity contribution in [3.8, 4) is 0 Å². The normalized spacial score (nSPS) is 11.8. The Morgan fingerprint density at radius 3 is 2.43 bits per heavy atom. The summed E-state index contributed by atoms with van der Waals surface area (Å²) >= 11 is 11.5. The third-order valence-electron chi connectivity index (χ3n) is 3.44. The van der Waals surface area contributed by atoms with E-state index in [2.05, 4.69) is 48.7 Å². The molecule has 0 bridgehead atoms. The molecule has 0 heterocycles. The molecule has 0 fully saturated rings. The maximum atomic E-state index is 6.11. The van der Waals surface area contributed by atoms with Gasteiger partial charge in [0.25, 0.3) is 0 Å². The molecule has 2 nitrogen and oxygen atoms in total. The molecule has 2 N–H and O–H groups in total. The number of anilines is 1. The predicted molar refractivity (Wildman–Crippen MR) is 95.1 cm³/mol. The Morgan fingerprint density at radius 1 is 1.10 bits per heavy atom. The van der Waals surface area contributed by atoms with Gasteiger partial charge in [0.15, 0.2) is 5.11 Å². The van der Waals surface area contributed by atoms with Crippen LogP contribution in [0.15, 0.2) is 42.5 Å². The molecule has 0 aliphatic rings. The van der Waals surface area contributed by atoms with Crippen LogP contribution in [0.5, 0.6) is 0 Å². The number of aryl methyl sites for hydroxylation is 1. The number of benzene rings is 2. The molecule has 0 aliphatic heterocycles. The molecule has 0 aliphatic carbocycles. The van der Waals surface area contributed by atoms with Crippen LogP contribution in [0.1, 0.15) is 29.7 Å². The van der Waals surface area contributed by atoms with Crippen LogP contribution in [0.2, 0.25) is 5.02 Å². The van der Waals surface area contributed by atoms with E-state index in [-0.39, 0.29) is 6.04 Å². The van der Waals surface area contributed by atoms with Crippen LogP contribution in [0.25, 0.3) is 0 Å². The molecule has 2 aromatic rings. The molecule has 0 saturated carbocycles. The van der Waals surface area contributed by atoms with Gasteiger partial charge in [-0.05, 0) is 56.2 Å². The van der Waals surface area contributed by atoms with Crippen molar-refractivity contribution in [3.05, 3.63) is 64.2 Å². The first kappa shape index (κ1) is 15.8. The lowest BCUT2D eigenvalue weighted by Crippen LogP contribution is -2.31. The highest BCUT2D eigenvalue weighted by atomic mass is 35.5. The molecule has 0 aromatic heterocycles. The number of hydrogen-bond acceptors (Lipinski definition) is 1. The Balaban J connectivity index is 2.01. The molecule has 0 spiro atoms. The van der Waals surface area contributed by atoms with Crippen molar-refractivity contribution in [2.75, 3.05) is 5.32 Å². The second-order valence-corrected chi connectivity index (χ2v) is 5.96. The molecule has 1 unspecified atom stereocenters. The van der Waals surface area contributed by atoms with E-state index in [1.807, 2.05) is 25.1 Å². The summed E-state index contributed by atoms with van der Waals surface area (Å²) in [5.74, 6) is 0. The molecule has 1 atom stereocenters. The fourth-order valence-corrected chi connectivity index (χ4v) is 2.50. The average Bonchev–Trinajstić information content (AvgIpc) is 2.44.